The number of hydrogen-bond donors (Lipinski definition) is 2. The number of halogens is 1. The second-order valence-electron chi connectivity index (χ2n) is 3.93. The maximum atomic E-state index is 13.8. The lowest BCUT2D eigenvalue weighted by atomic mass is 10.0. The van der Waals surface area contributed by atoms with E-state index in [1.165, 1.54) is 12.1 Å². The van der Waals surface area contributed by atoms with Gasteiger partial charge in [-0.3, -0.25) is 0 Å². The summed E-state index contributed by atoms with van der Waals surface area (Å²) in [6.45, 7) is 3.44. The fraction of sp³-hybridized carbons (Fsp3) is 0.250. The SMILES string of the molecule is CCc1nnc(-c2cc(C(=O)O)c(C)cc2F)[nH]1. The van der Waals surface area contributed by atoms with Crippen LogP contribution in [0.2, 0.25) is 0 Å². The van der Waals surface area contributed by atoms with Crippen LogP contribution in [0.3, 0.4) is 0 Å². The van der Waals surface area contributed by atoms with Gasteiger partial charge in [0.1, 0.15) is 11.6 Å². The Balaban J connectivity index is 2.56. The lowest BCUT2D eigenvalue weighted by molar-refractivity contribution is 0.0696. The number of benzene rings is 1. The Kier molecular flexibility index (Phi) is 3.10. The van der Waals surface area contributed by atoms with Crippen LogP contribution >= 0.6 is 0 Å². The van der Waals surface area contributed by atoms with Crippen molar-refractivity contribution in [1.29, 1.82) is 0 Å². The lowest BCUT2D eigenvalue weighted by Crippen LogP contribution is -2.02. The molecule has 94 valence electrons. The first kappa shape index (κ1) is 12.2. The molecule has 5 nitrogen and oxygen atoms in total. The maximum Gasteiger partial charge on any atom is 0.335 e. The molecule has 0 spiro atoms. The molecule has 0 aliphatic heterocycles. The Morgan fingerprint density at radius 3 is 2.72 bits per heavy atom. The van der Waals surface area contributed by atoms with Crippen LogP contribution in [0.5, 0.6) is 0 Å². The minimum atomic E-state index is -1.09. The van der Waals surface area contributed by atoms with Crippen LogP contribution < -0.4 is 0 Å². The molecule has 2 rings (SSSR count). The highest BCUT2D eigenvalue weighted by Gasteiger charge is 2.16. The average molecular weight is 249 g/mol. The molecule has 0 saturated heterocycles. The molecule has 0 aliphatic carbocycles. The fourth-order valence-electron chi connectivity index (χ4n) is 1.66. The molecular weight excluding hydrogens is 237 g/mol. The summed E-state index contributed by atoms with van der Waals surface area (Å²) in [7, 11) is 0. The molecule has 0 bridgehead atoms. The van der Waals surface area contributed by atoms with Gasteiger partial charge < -0.3 is 10.1 Å². The molecule has 18 heavy (non-hydrogen) atoms. The Morgan fingerprint density at radius 2 is 2.17 bits per heavy atom. The summed E-state index contributed by atoms with van der Waals surface area (Å²) in [6.07, 6.45) is 0.645. The molecule has 2 aromatic rings. The number of aromatic amines is 1. The van der Waals surface area contributed by atoms with E-state index in [0.29, 0.717) is 17.8 Å². The second kappa shape index (κ2) is 4.56. The van der Waals surface area contributed by atoms with Gasteiger partial charge in [0.2, 0.25) is 0 Å². The van der Waals surface area contributed by atoms with Crippen LogP contribution in [0.1, 0.15) is 28.7 Å². The van der Waals surface area contributed by atoms with Gasteiger partial charge in [-0.15, -0.1) is 10.2 Å². The van der Waals surface area contributed by atoms with Gasteiger partial charge >= 0.3 is 5.97 Å². The number of hydrogen-bond acceptors (Lipinski definition) is 3. The highest BCUT2D eigenvalue weighted by molar-refractivity contribution is 5.90. The molecule has 0 saturated carbocycles. The number of H-pyrrole nitrogens is 1. The van der Waals surface area contributed by atoms with Gasteiger partial charge in [0.25, 0.3) is 0 Å². The quantitative estimate of drug-likeness (QED) is 0.873. The third-order valence-corrected chi connectivity index (χ3v) is 2.67. The highest BCUT2D eigenvalue weighted by Crippen LogP contribution is 2.23. The van der Waals surface area contributed by atoms with E-state index in [4.69, 9.17) is 5.11 Å². The summed E-state index contributed by atoms with van der Waals surface area (Å²) in [4.78, 5) is 13.9. The molecular formula is C12H12FN3O2. The van der Waals surface area contributed by atoms with Crippen LogP contribution in [0.25, 0.3) is 11.4 Å². The monoisotopic (exact) mass is 249 g/mol. The first-order valence-corrected chi connectivity index (χ1v) is 5.48. The smallest absolute Gasteiger partial charge is 0.335 e. The summed E-state index contributed by atoms with van der Waals surface area (Å²) in [5.41, 5.74) is 0.546. The van der Waals surface area contributed by atoms with Crippen LogP contribution in [-0.2, 0) is 6.42 Å². The van der Waals surface area contributed by atoms with Crippen molar-refractivity contribution >= 4 is 5.97 Å². The van der Waals surface area contributed by atoms with Crippen molar-refractivity contribution in [3.63, 3.8) is 0 Å². The second-order valence-corrected chi connectivity index (χ2v) is 3.93. The number of aryl methyl sites for hydroxylation is 2. The van der Waals surface area contributed by atoms with Gasteiger partial charge in [0.15, 0.2) is 5.82 Å². The van der Waals surface area contributed by atoms with Crippen molar-refractivity contribution in [2.75, 3.05) is 0 Å². The van der Waals surface area contributed by atoms with Gasteiger partial charge in [-0.1, -0.05) is 6.92 Å². The minimum Gasteiger partial charge on any atom is -0.478 e. The van der Waals surface area contributed by atoms with Crippen LogP contribution in [0, 0.1) is 12.7 Å². The minimum absolute atomic E-state index is 0.0563. The number of carboxylic acids is 1. The Morgan fingerprint density at radius 1 is 1.44 bits per heavy atom. The zero-order valence-electron chi connectivity index (χ0n) is 9.99. The predicted octanol–water partition coefficient (Wildman–Crippen LogP) is 2.18. The normalized spacial score (nSPS) is 10.6. The number of nitrogens with one attached hydrogen (secondary N) is 1. The third-order valence-electron chi connectivity index (χ3n) is 2.67. The molecule has 0 fully saturated rings. The number of aromatic nitrogens is 3. The number of nitrogens with zero attached hydrogens (tertiary/aromatic N) is 2. The van der Waals surface area contributed by atoms with Crippen molar-refractivity contribution < 1.29 is 14.3 Å². The van der Waals surface area contributed by atoms with Crippen molar-refractivity contribution in [3.05, 3.63) is 34.9 Å². The highest BCUT2D eigenvalue weighted by atomic mass is 19.1. The van der Waals surface area contributed by atoms with Gasteiger partial charge in [0, 0.05) is 6.42 Å². The van der Waals surface area contributed by atoms with E-state index < -0.39 is 11.8 Å². The van der Waals surface area contributed by atoms with Gasteiger partial charge in [-0.05, 0) is 24.6 Å². The van der Waals surface area contributed by atoms with E-state index in [0.717, 1.165) is 0 Å². The first-order valence-electron chi connectivity index (χ1n) is 5.48. The van der Waals surface area contributed by atoms with E-state index in [9.17, 15) is 9.18 Å². The van der Waals surface area contributed by atoms with Crippen LogP contribution in [0.4, 0.5) is 4.39 Å². The molecule has 1 heterocycles. The molecule has 0 unspecified atom stereocenters. The van der Waals surface area contributed by atoms with E-state index in [1.54, 1.807) is 6.92 Å². The molecule has 0 amide bonds. The number of rotatable bonds is 3. The largest absolute Gasteiger partial charge is 0.478 e. The zero-order valence-corrected chi connectivity index (χ0v) is 9.99. The number of aromatic carboxylic acids is 1. The van der Waals surface area contributed by atoms with Crippen molar-refractivity contribution in [3.8, 4) is 11.4 Å². The molecule has 0 atom stereocenters. The molecule has 1 aromatic heterocycles. The molecule has 1 aromatic carbocycles. The molecule has 6 heteroatoms. The Labute approximate surface area is 103 Å². The molecule has 2 N–H and O–H groups in total. The average Bonchev–Trinajstić information content (AvgIpc) is 2.77. The van der Waals surface area contributed by atoms with Gasteiger partial charge in [0.05, 0.1) is 11.1 Å². The summed E-state index contributed by atoms with van der Waals surface area (Å²) in [5, 5.41) is 16.6. The topological polar surface area (TPSA) is 78.9 Å². The van der Waals surface area contributed by atoms with E-state index in [-0.39, 0.29) is 17.0 Å². The fourth-order valence-corrected chi connectivity index (χ4v) is 1.66. The zero-order chi connectivity index (χ0) is 13.3. The van der Waals surface area contributed by atoms with Crippen molar-refractivity contribution in [2.24, 2.45) is 0 Å². The lowest BCUT2D eigenvalue weighted by Gasteiger charge is -2.04. The molecule has 0 radical (unpaired) electrons. The van der Waals surface area contributed by atoms with Crippen LogP contribution in [0.15, 0.2) is 12.1 Å². The summed E-state index contributed by atoms with van der Waals surface area (Å²) >= 11 is 0. The third kappa shape index (κ3) is 2.09. The Hall–Kier alpha value is -2.24. The van der Waals surface area contributed by atoms with E-state index in [2.05, 4.69) is 15.2 Å². The number of carbonyl (C=O) groups is 1. The van der Waals surface area contributed by atoms with E-state index >= 15 is 0 Å². The van der Waals surface area contributed by atoms with Crippen molar-refractivity contribution in [2.45, 2.75) is 20.3 Å². The standard InChI is InChI=1S/C12H12FN3O2/c1-3-10-14-11(16-15-10)8-5-7(12(17)18)6(2)4-9(8)13/h4-5H,3H2,1-2H3,(H,17,18)(H,14,15,16). The van der Waals surface area contributed by atoms with Crippen molar-refractivity contribution in [1.82, 2.24) is 15.2 Å². The first-order chi connectivity index (χ1) is 8.52. The summed E-state index contributed by atoms with van der Waals surface area (Å²) in [5.74, 6) is -0.742. The summed E-state index contributed by atoms with van der Waals surface area (Å²) < 4.78 is 13.8. The van der Waals surface area contributed by atoms with Gasteiger partial charge in [-0.25, -0.2) is 9.18 Å². The van der Waals surface area contributed by atoms with Crippen LogP contribution in [-0.4, -0.2) is 26.3 Å². The van der Waals surface area contributed by atoms with E-state index in [1.807, 2.05) is 6.92 Å². The number of carboxylic acid groups (broad SMARTS) is 1. The maximum absolute atomic E-state index is 13.8. The predicted molar refractivity (Wildman–Crippen MR) is 62.9 cm³/mol. The summed E-state index contributed by atoms with van der Waals surface area (Å²) in [6, 6.07) is 2.46. The molecule has 0 aliphatic rings. The Bertz CT molecular complexity index is 607. The van der Waals surface area contributed by atoms with Gasteiger partial charge in [-0.2, -0.15) is 0 Å².